The van der Waals surface area contributed by atoms with Crippen molar-refractivity contribution in [1.82, 2.24) is 0 Å². The number of rotatable bonds is 3. The Morgan fingerprint density at radius 3 is 1.95 bits per heavy atom. The fourth-order valence-electron chi connectivity index (χ4n) is 4.23. The Labute approximate surface area is 132 Å². The first-order chi connectivity index (χ1) is 9.73. The van der Waals surface area contributed by atoms with Gasteiger partial charge in [0, 0.05) is 0 Å². The molecule has 0 atom stereocenters. The van der Waals surface area contributed by atoms with Crippen molar-refractivity contribution in [2.24, 2.45) is 11.3 Å². The van der Waals surface area contributed by atoms with Crippen LogP contribution in [0.4, 0.5) is 0 Å². The van der Waals surface area contributed by atoms with Gasteiger partial charge in [-0.05, 0) is 16.4 Å². The van der Waals surface area contributed by atoms with Gasteiger partial charge in [0.2, 0.25) is 0 Å². The van der Waals surface area contributed by atoms with E-state index in [2.05, 4.69) is 77.6 Å². The van der Waals surface area contributed by atoms with Crippen LogP contribution in [0.15, 0.2) is 43.0 Å². The van der Waals surface area contributed by atoms with Crippen LogP contribution in [0.5, 0.6) is 0 Å². The molecule has 0 N–H and O–H groups in total. The van der Waals surface area contributed by atoms with Crippen LogP contribution in [0.1, 0.15) is 47.5 Å². The van der Waals surface area contributed by atoms with Gasteiger partial charge in [0.15, 0.2) is 0 Å². The predicted molar refractivity (Wildman–Crippen MR) is 97.9 cm³/mol. The van der Waals surface area contributed by atoms with Crippen molar-refractivity contribution in [3.8, 4) is 0 Å². The Bertz CT molecular complexity index is 470. The van der Waals surface area contributed by atoms with Gasteiger partial charge in [0.25, 0.3) is 0 Å². The maximum absolute atomic E-state index is 4.18. The summed E-state index contributed by atoms with van der Waals surface area (Å²) in [6, 6.07) is 14.2. The largest absolute Gasteiger partial charge is 0.103 e. The lowest BCUT2D eigenvalue weighted by Crippen LogP contribution is -2.57. The molecule has 1 aliphatic rings. The molecule has 0 aromatic heterocycles. The van der Waals surface area contributed by atoms with E-state index in [9.17, 15) is 0 Å². The Kier molecular flexibility index (Phi) is 4.54. The van der Waals surface area contributed by atoms with Gasteiger partial charge in [0.05, 0.1) is 8.07 Å². The van der Waals surface area contributed by atoms with Gasteiger partial charge < -0.3 is 0 Å². The van der Waals surface area contributed by atoms with Crippen molar-refractivity contribution in [3.05, 3.63) is 43.0 Å². The summed E-state index contributed by atoms with van der Waals surface area (Å²) in [4.78, 5) is 0. The van der Waals surface area contributed by atoms with Gasteiger partial charge >= 0.3 is 0 Å². The smallest absolute Gasteiger partial charge is 0.0959 e. The molecule has 1 heterocycles. The lowest BCUT2D eigenvalue weighted by molar-refractivity contribution is 0.217. The summed E-state index contributed by atoms with van der Waals surface area (Å²) in [5, 5.41) is 1.92. The number of hydrogen-bond acceptors (Lipinski definition) is 0. The summed E-state index contributed by atoms with van der Waals surface area (Å²) >= 11 is 0. The van der Waals surface area contributed by atoms with Crippen LogP contribution in [0.25, 0.3) is 0 Å². The second kappa shape index (κ2) is 5.76. The maximum Gasteiger partial charge on any atom is 0.0959 e. The molecular weight excluding hydrogens is 268 g/mol. The van der Waals surface area contributed by atoms with E-state index < -0.39 is 8.07 Å². The third-order valence-corrected chi connectivity index (χ3v) is 12.5. The van der Waals surface area contributed by atoms with Crippen LogP contribution in [-0.4, -0.2) is 8.07 Å². The predicted octanol–water partition coefficient (Wildman–Crippen LogP) is 5.76. The molecule has 1 aliphatic heterocycles. The monoisotopic (exact) mass is 300 g/mol. The highest BCUT2D eigenvalue weighted by Gasteiger charge is 2.49. The minimum Gasteiger partial charge on any atom is -0.103 e. The minimum absolute atomic E-state index is 0.275. The van der Waals surface area contributed by atoms with Crippen LogP contribution < -0.4 is 5.19 Å². The van der Waals surface area contributed by atoms with Crippen molar-refractivity contribution < 1.29 is 0 Å². The summed E-state index contributed by atoms with van der Waals surface area (Å²) in [6.07, 6.45) is 5.02. The van der Waals surface area contributed by atoms with E-state index in [1.807, 2.05) is 0 Å². The molecule has 116 valence electrons. The third kappa shape index (κ3) is 3.04. The quantitative estimate of drug-likeness (QED) is 0.491. The summed E-state index contributed by atoms with van der Waals surface area (Å²) in [6.45, 7) is 16.3. The normalized spacial score (nSPS) is 27.4. The molecular formula is C20H32Si. The molecule has 1 fully saturated rings. The third-order valence-electron chi connectivity index (χ3n) is 6.13. The summed E-state index contributed by atoms with van der Waals surface area (Å²) < 4.78 is 0. The molecule has 0 saturated carbocycles. The minimum atomic E-state index is -1.53. The van der Waals surface area contributed by atoms with Gasteiger partial charge in [-0.1, -0.05) is 101 Å². The lowest BCUT2D eigenvalue weighted by atomic mass is 9.77. The fraction of sp³-hybridized carbons (Fsp3) is 0.600. The lowest BCUT2D eigenvalue weighted by Gasteiger charge is -2.50. The standard InChI is InChI=1S/C20H32Si/c1-7-20(5,6)21(18-11-9-8-10-12-18)15-13-17(14-16-21)19(2,3)4/h7-12,17H,1,13-16H2,2-6H3. The maximum atomic E-state index is 4.18. The van der Waals surface area contributed by atoms with Crippen LogP contribution in [0.2, 0.25) is 17.1 Å². The van der Waals surface area contributed by atoms with E-state index in [4.69, 9.17) is 0 Å². The van der Waals surface area contributed by atoms with Crippen molar-refractivity contribution >= 4 is 13.3 Å². The van der Waals surface area contributed by atoms with Crippen molar-refractivity contribution in [3.63, 3.8) is 0 Å². The molecule has 0 aliphatic carbocycles. The van der Waals surface area contributed by atoms with E-state index in [0.717, 1.165) is 5.92 Å². The molecule has 21 heavy (non-hydrogen) atoms. The highest BCUT2D eigenvalue weighted by atomic mass is 28.3. The van der Waals surface area contributed by atoms with E-state index in [1.54, 1.807) is 5.19 Å². The first kappa shape index (κ1) is 16.5. The SMILES string of the molecule is C=CC(C)(C)[Si]1(c2ccccc2)CCC(C(C)(C)C)CC1. The van der Waals surface area contributed by atoms with E-state index in [0.29, 0.717) is 5.41 Å². The zero-order chi connectivity index (χ0) is 15.7. The highest BCUT2D eigenvalue weighted by Crippen LogP contribution is 2.51. The Balaban J connectivity index is 2.36. The summed E-state index contributed by atoms with van der Waals surface area (Å²) in [5.74, 6) is 0.877. The number of benzene rings is 1. The van der Waals surface area contributed by atoms with Gasteiger partial charge in [-0.3, -0.25) is 0 Å². The molecule has 0 nitrogen and oxygen atoms in total. The molecule has 1 heteroatoms. The van der Waals surface area contributed by atoms with Crippen molar-refractivity contribution in [2.45, 2.75) is 64.6 Å². The number of hydrogen-bond donors (Lipinski definition) is 0. The van der Waals surface area contributed by atoms with E-state index >= 15 is 0 Å². The molecule has 1 aromatic rings. The summed E-state index contributed by atoms with van der Waals surface area (Å²) in [5.41, 5.74) is 0.454. The Morgan fingerprint density at radius 1 is 1.00 bits per heavy atom. The topological polar surface area (TPSA) is 0 Å². The highest BCUT2D eigenvalue weighted by molar-refractivity contribution is 6.94. The van der Waals surface area contributed by atoms with E-state index in [-0.39, 0.29) is 5.04 Å². The molecule has 1 saturated heterocycles. The van der Waals surface area contributed by atoms with Crippen molar-refractivity contribution in [1.29, 1.82) is 0 Å². The molecule has 0 amide bonds. The Hall–Kier alpha value is -0.823. The second-order valence-corrected chi connectivity index (χ2v) is 13.5. The van der Waals surface area contributed by atoms with Crippen LogP contribution >= 0.6 is 0 Å². The second-order valence-electron chi connectivity index (χ2n) is 8.51. The number of allylic oxidation sites excluding steroid dienone is 1. The average molecular weight is 301 g/mol. The molecule has 0 unspecified atom stereocenters. The van der Waals surface area contributed by atoms with Gasteiger partial charge in [0.1, 0.15) is 0 Å². The summed E-state index contributed by atoms with van der Waals surface area (Å²) in [7, 11) is -1.53. The molecule has 0 radical (unpaired) electrons. The zero-order valence-corrected chi connectivity index (χ0v) is 15.6. The molecule has 0 bridgehead atoms. The first-order valence-corrected chi connectivity index (χ1v) is 10.8. The average Bonchev–Trinajstić information content (AvgIpc) is 2.47. The molecule has 0 spiro atoms. The van der Waals surface area contributed by atoms with Crippen LogP contribution in [-0.2, 0) is 0 Å². The van der Waals surface area contributed by atoms with Gasteiger partial charge in [-0.2, -0.15) is 0 Å². The van der Waals surface area contributed by atoms with E-state index in [1.165, 1.54) is 24.9 Å². The molecule has 1 aromatic carbocycles. The Morgan fingerprint density at radius 2 is 1.52 bits per heavy atom. The van der Waals surface area contributed by atoms with Crippen molar-refractivity contribution in [2.75, 3.05) is 0 Å². The zero-order valence-electron chi connectivity index (χ0n) is 14.6. The first-order valence-electron chi connectivity index (χ1n) is 8.42. The fourth-order valence-corrected chi connectivity index (χ4v) is 10.00. The van der Waals surface area contributed by atoms with Crippen LogP contribution in [0.3, 0.4) is 0 Å². The van der Waals surface area contributed by atoms with Crippen LogP contribution in [0, 0.1) is 11.3 Å². The van der Waals surface area contributed by atoms with Gasteiger partial charge in [-0.25, -0.2) is 0 Å². The molecule has 2 rings (SSSR count). The van der Waals surface area contributed by atoms with Gasteiger partial charge in [-0.15, -0.1) is 6.58 Å².